The van der Waals surface area contributed by atoms with Crippen molar-refractivity contribution < 1.29 is 22.8 Å². The van der Waals surface area contributed by atoms with E-state index in [2.05, 4.69) is 5.32 Å². The van der Waals surface area contributed by atoms with E-state index in [1.807, 2.05) is 6.92 Å². The summed E-state index contributed by atoms with van der Waals surface area (Å²) < 4.78 is 22.8. The van der Waals surface area contributed by atoms with E-state index in [-0.39, 0.29) is 24.3 Å². The van der Waals surface area contributed by atoms with Crippen molar-refractivity contribution in [2.45, 2.75) is 38.6 Å². The molecule has 2 aliphatic rings. The molecule has 0 aromatic rings. The summed E-state index contributed by atoms with van der Waals surface area (Å²) in [5.41, 5.74) is 0. The van der Waals surface area contributed by atoms with Gasteiger partial charge in [-0.25, -0.2) is 13.2 Å². The summed E-state index contributed by atoms with van der Waals surface area (Å²) in [6.45, 7) is 1.86. The number of amides is 4. The Labute approximate surface area is 117 Å². The highest BCUT2D eigenvalue weighted by atomic mass is 32.2. The number of hydrogen-bond acceptors (Lipinski definition) is 5. The van der Waals surface area contributed by atoms with E-state index in [9.17, 15) is 22.8 Å². The van der Waals surface area contributed by atoms with Crippen LogP contribution in [0.15, 0.2) is 0 Å². The van der Waals surface area contributed by atoms with Crippen LogP contribution in [-0.2, 0) is 19.4 Å². The van der Waals surface area contributed by atoms with Gasteiger partial charge >= 0.3 is 6.03 Å². The maximum atomic E-state index is 12.3. The minimum atomic E-state index is -3.06. The number of imide groups is 2. The van der Waals surface area contributed by atoms with Crippen molar-refractivity contribution in [3.05, 3.63) is 0 Å². The normalized spacial score (nSPS) is 27.6. The van der Waals surface area contributed by atoms with Crippen LogP contribution in [-0.4, -0.2) is 48.7 Å². The number of rotatable bonds is 3. The zero-order chi connectivity index (χ0) is 14.9. The number of nitrogens with one attached hydrogen (secondary N) is 1. The molecule has 0 spiro atoms. The summed E-state index contributed by atoms with van der Waals surface area (Å²) in [7, 11) is -3.06. The zero-order valence-corrected chi connectivity index (χ0v) is 12.1. The van der Waals surface area contributed by atoms with E-state index < -0.39 is 39.6 Å². The van der Waals surface area contributed by atoms with Gasteiger partial charge in [0.05, 0.1) is 11.5 Å². The van der Waals surface area contributed by atoms with Gasteiger partial charge in [-0.2, -0.15) is 0 Å². The van der Waals surface area contributed by atoms with Gasteiger partial charge in [-0.3, -0.25) is 19.8 Å². The van der Waals surface area contributed by atoms with Gasteiger partial charge in [0.1, 0.15) is 15.8 Å². The molecule has 8 heteroatoms. The van der Waals surface area contributed by atoms with Gasteiger partial charge in [0.2, 0.25) is 11.8 Å². The molecule has 0 radical (unpaired) electrons. The average molecular weight is 302 g/mol. The second-order valence-corrected chi connectivity index (χ2v) is 7.53. The quantitative estimate of drug-likeness (QED) is 0.743. The lowest BCUT2D eigenvalue weighted by Gasteiger charge is -2.37. The lowest BCUT2D eigenvalue weighted by atomic mass is 9.97. The second kappa shape index (κ2) is 5.51. The van der Waals surface area contributed by atoms with Gasteiger partial charge in [-0.1, -0.05) is 13.3 Å². The fraction of sp³-hybridized carbons (Fsp3) is 0.750. The first kappa shape index (κ1) is 15.0. The highest BCUT2D eigenvalue weighted by Gasteiger charge is 2.44. The van der Waals surface area contributed by atoms with E-state index in [4.69, 9.17) is 0 Å². The molecule has 2 aliphatic heterocycles. The zero-order valence-electron chi connectivity index (χ0n) is 11.3. The van der Waals surface area contributed by atoms with Gasteiger partial charge in [0.15, 0.2) is 0 Å². The Kier molecular flexibility index (Phi) is 4.12. The predicted molar refractivity (Wildman–Crippen MR) is 70.5 cm³/mol. The largest absolute Gasteiger partial charge is 0.331 e. The van der Waals surface area contributed by atoms with E-state index in [1.165, 1.54) is 0 Å². The van der Waals surface area contributed by atoms with Crippen molar-refractivity contribution >= 4 is 27.7 Å². The average Bonchev–Trinajstić information content (AvgIpc) is 2.36. The molecule has 1 atom stereocenters. The van der Waals surface area contributed by atoms with Crippen molar-refractivity contribution in [1.82, 2.24) is 10.2 Å². The second-order valence-electron chi connectivity index (χ2n) is 5.23. The molecule has 0 aromatic carbocycles. The Morgan fingerprint density at radius 1 is 1.20 bits per heavy atom. The monoisotopic (exact) mass is 302 g/mol. The van der Waals surface area contributed by atoms with Crippen LogP contribution < -0.4 is 5.32 Å². The number of carbonyl (C=O) groups is 3. The van der Waals surface area contributed by atoms with Crippen LogP contribution in [0.2, 0.25) is 0 Å². The highest BCUT2D eigenvalue weighted by molar-refractivity contribution is 7.91. The van der Waals surface area contributed by atoms with Gasteiger partial charge < -0.3 is 0 Å². The molecular weight excluding hydrogens is 284 g/mol. The molecule has 1 N–H and O–H groups in total. The van der Waals surface area contributed by atoms with E-state index in [0.717, 1.165) is 4.90 Å². The van der Waals surface area contributed by atoms with Gasteiger partial charge in [0.25, 0.3) is 0 Å². The molecule has 2 heterocycles. The molecule has 0 saturated carbocycles. The molecule has 2 saturated heterocycles. The van der Waals surface area contributed by atoms with Crippen molar-refractivity contribution in [1.29, 1.82) is 0 Å². The SMILES string of the molecule is CCCC1C(=O)NC(=O)N(C2CCS(=O)(=O)CC2)C1=O. The summed E-state index contributed by atoms with van der Waals surface area (Å²) in [6, 6.07) is -1.16. The molecular formula is C12H18N2O5S. The first-order valence-electron chi connectivity index (χ1n) is 6.74. The lowest BCUT2D eigenvalue weighted by Crippen LogP contribution is -2.61. The topological polar surface area (TPSA) is 101 Å². The summed E-state index contributed by atoms with van der Waals surface area (Å²) >= 11 is 0. The lowest BCUT2D eigenvalue weighted by molar-refractivity contribution is -0.144. The minimum Gasteiger partial charge on any atom is -0.277 e. The van der Waals surface area contributed by atoms with Crippen molar-refractivity contribution in [2.24, 2.45) is 5.92 Å². The summed E-state index contributed by atoms with van der Waals surface area (Å²) in [5, 5.41) is 2.19. The van der Waals surface area contributed by atoms with Crippen LogP contribution in [0.25, 0.3) is 0 Å². The molecule has 2 fully saturated rings. The molecule has 0 aromatic heterocycles. The number of sulfone groups is 1. The molecule has 0 bridgehead atoms. The Morgan fingerprint density at radius 3 is 2.35 bits per heavy atom. The number of nitrogens with zero attached hydrogens (tertiary/aromatic N) is 1. The van der Waals surface area contributed by atoms with Crippen LogP contribution >= 0.6 is 0 Å². The molecule has 2 rings (SSSR count). The van der Waals surface area contributed by atoms with E-state index >= 15 is 0 Å². The Hall–Kier alpha value is -1.44. The Morgan fingerprint density at radius 2 is 1.80 bits per heavy atom. The standard InChI is InChI=1S/C12H18N2O5S/c1-2-3-9-10(15)13-12(17)14(11(9)16)8-4-6-20(18,19)7-5-8/h8-9H,2-7H2,1H3,(H,13,15,17). The van der Waals surface area contributed by atoms with Gasteiger partial charge in [0, 0.05) is 6.04 Å². The molecule has 20 heavy (non-hydrogen) atoms. The number of hydrogen-bond donors (Lipinski definition) is 1. The first-order valence-corrected chi connectivity index (χ1v) is 8.56. The summed E-state index contributed by atoms with van der Waals surface area (Å²) in [4.78, 5) is 36.9. The van der Waals surface area contributed by atoms with Crippen LogP contribution in [0, 0.1) is 5.92 Å². The van der Waals surface area contributed by atoms with Crippen molar-refractivity contribution in [3.8, 4) is 0 Å². The molecule has 112 valence electrons. The minimum absolute atomic E-state index is 0.0267. The predicted octanol–water partition coefficient (Wildman–Crippen LogP) is 0.0583. The number of carbonyl (C=O) groups excluding carboxylic acids is 3. The molecule has 0 aliphatic carbocycles. The van der Waals surface area contributed by atoms with Crippen LogP contribution in [0.3, 0.4) is 0 Å². The van der Waals surface area contributed by atoms with Gasteiger partial charge in [-0.15, -0.1) is 0 Å². The van der Waals surface area contributed by atoms with Crippen LogP contribution in [0.1, 0.15) is 32.6 Å². The molecule has 1 unspecified atom stereocenters. The third-order valence-electron chi connectivity index (χ3n) is 3.77. The number of barbiturate groups is 1. The first-order chi connectivity index (χ1) is 9.35. The van der Waals surface area contributed by atoms with Gasteiger partial charge in [-0.05, 0) is 19.3 Å². The van der Waals surface area contributed by atoms with Crippen molar-refractivity contribution in [2.75, 3.05) is 11.5 Å². The van der Waals surface area contributed by atoms with E-state index in [0.29, 0.717) is 12.8 Å². The van der Waals surface area contributed by atoms with Crippen LogP contribution in [0.5, 0.6) is 0 Å². The number of urea groups is 1. The smallest absolute Gasteiger partial charge is 0.277 e. The summed E-state index contributed by atoms with van der Waals surface area (Å²) in [5.74, 6) is -1.94. The van der Waals surface area contributed by atoms with Crippen LogP contribution in [0.4, 0.5) is 4.79 Å². The Balaban J connectivity index is 2.15. The third-order valence-corrected chi connectivity index (χ3v) is 5.48. The van der Waals surface area contributed by atoms with E-state index in [1.54, 1.807) is 0 Å². The highest BCUT2D eigenvalue weighted by Crippen LogP contribution is 2.24. The molecule has 4 amide bonds. The molecule has 7 nitrogen and oxygen atoms in total. The fourth-order valence-corrected chi connectivity index (χ4v) is 4.12. The maximum Gasteiger partial charge on any atom is 0.331 e. The fourth-order valence-electron chi connectivity index (χ4n) is 2.66. The summed E-state index contributed by atoms with van der Waals surface area (Å²) in [6.07, 6.45) is 1.54. The third kappa shape index (κ3) is 2.84. The Bertz CT molecular complexity index is 528. The van der Waals surface area contributed by atoms with Crippen molar-refractivity contribution in [3.63, 3.8) is 0 Å². The maximum absolute atomic E-state index is 12.3.